The van der Waals surface area contributed by atoms with E-state index in [4.69, 9.17) is 4.74 Å². The maximum atomic E-state index is 12.5. The summed E-state index contributed by atoms with van der Waals surface area (Å²) in [4.78, 5) is 30.5. The van der Waals surface area contributed by atoms with Crippen molar-refractivity contribution in [1.29, 1.82) is 0 Å². The first kappa shape index (κ1) is 18.4. The Labute approximate surface area is 143 Å². The van der Waals surface area contributed by atoms with Gasteiger partial charge in [0.1, 0.15) is 5.82 Å². The molecule has 1 N–H and O–H groups in total. The zero-order chi connectivity index (χ0) is 17.7. The van der Waals surface area contributed by atoms with Crippen molar-refractivity contribution in [3.63, 3.8) is 0 Å². The first-order valence-corrected chi connectivity index (χ1v) is 8.45. The zero-order valence-electron chi connectivity index (χ0n) is 15.0. The second-order valence-corrected chi connectivity index (χ2v) is 7.20. The van der Waals surface area contributed by atoms with Crippen molar-refractivity contribution in [2.45, 2.75) is 34.1 Å². The van der Waals surface area contributed by atoms with E-state index in [0.717, 1.165) is 19.5 Å². The zero-order valence-corrected chi connectivity index (χ0v) is 15.0. The number of likely N-dealkylation sites (tertiary alicyclic amines) is 1. The molecule has 2 amide bonds. The molecule has 2 rings (SSSR count). The summed E-state index contributed by atoms with van der Waals surface area (Å²) >= 11 is 0. The predicted molar refractivity (Wildman–Crippen MR) is 92.8 cm³/mol. The maximum absolute atomic E-state index is 12.5. The van der Waals surface area contributed by atoms with E-state index < -0.39 is 5.41 Å². The molecule has 24 heavy (non-hydrogen) atoms. The summed E-state index contributed by atoms with van der Waals surface area (Å²) in [5.74, 6) is 0.747. The summed E-state index contributed by atoms with van der Waals surface area (Å²) in [5, 5.41) is 2.76. The molecule has 1 saturated heterocycles. The second kappa shape index (κ2) is 7.75. The average Bonchev–Trinajstić information content (AvgIpc) is 3.01. The van der Waals surface area contributed by atoms with Gasteiger partial charge in [0.25, 0.3) is 5.91 Å². The molecule has 6 heteroatoms. The van der Waals surface area contributed by atoms with Crippen LogP contribution in [0.5, 0.6) is 0 Å². The summed E-state index contributed by atoms with van der Waals surface area (Å²) in [5.41, 5.74) is 0.0576. The van der Waals surface area contributed by atoms with Crippen LogP contribution < -0.4 is 5.32 Å². The molecule has 1 fully saturated rings. The molecule has 0 saturated carbocycles. The van der Waals surface area contributed by atoms with Crippen LogP contribution in [0.3, 0.4) is 0 Å². The Morgan fingerprint density at radius 1 is 1.38 bits per heavy atom. The lowest BCUT2D eigenvalue weighted by molar-refractivity contribution is -0.123. The van der Waals surface area contributed by atoms with Gasteiger partial charge in [-0.3, -0.25) is 9.59 Å². The normalized spacial score (nSPS) is 17.8. The van der Waals surface area contributed by atoms with Crippen molar-refractivity contribution in [3.05, 3.63) is 23.9 Å². The van der Waals surface area contributed by atoms with E-state index in [1.165, 1.54) is 6.20 Å². The van der Waals surface area contributed by atoms with Crippen molar-refractivity contribution < 1.29 is 14.3 Å². The van der Waals surface area contributed by atoms with E-state index >= 15 is 0 Å². The summed E-state index contributed by atoms with van der Waals surface area (Å²) in [6, 6.07) is 3.38. The lowest BCUT2D eigenvalue weighted by Crippen LogP contribution is -2.30. The monoisotopic (exact) mass is 333 g/mol. The third kappa shape index (κ3) is 4.77. The molecule has 0 aromatic carbocycles. The van der Waals surface area contributed by atoms with Crippen LogP contribution in [0, 0.1) is 11.3 Å². The minimum Gasteiger partial charge on any atom is -0.381 e. The van der Waals surface area contributed by atoms with Crippen molar-refractivity contribution in [3.8, 4) is 0 Å². The fraction of sp³-hybridized carbons (Fsp3) is 0.611. The van der Waals surface area contributed by atoms with Crippen LogP contribution in [0.1, 0.15) is 44.5 Å². The van der Waals surface area contributed by atoms with Crippen LogP contribution in [0.15, 0.2) is 18.3 Å². The Hall–Kier alpha value is -1.95. The molecule has 1 aromatic heterocycles. The second-order valence-electron chi connectivity index (χ2n) is 7.20. The maximum Gasteiger partial charge on any atom is 0.255 e. The van der Waals surface area contributed by atoms with Crippen LogP contribution in [0.4, 0.5) is 5.82 Å². The molecule has 0 aliphatic carbocycles. The topological polar surface area (TPSA) is 71.5 Å². The van der Waals surface area contributed by atoms with Gasteiger partial charge in [-0.05, 0) is 25.5 Å². The van der Waals surface area contributed by atoms with Crippen LogP contribution in [-0.4, -0.2) is 48.0 Å². The number of aromatic nitrogens is 1. The Morgan fingerprint density at radius 2 is 2.12 bits per heavy atom. The summed E-state index contributed by atoms with van der Waals surface area (Å²) in [6.45, 7) is 10.4. The van der Waals surface area contributed by atoms with Gasteiger partial charge in [0.15, 0.2) is 0 Å². The lowest BCUT2D eigenvalue weighted by atomic mass is 9.96. The van der Waals surface area contributed by atoms with Crippen LogP contribution >= 0.6 is 0 Å². The standard InChI is InChI=1S/C18H27N3O3/c1-5-24-12-13-8-9-21(11-13)16(22)14-6-7-15(19-10-14)20-17(23)18(2,3)4/h6-7,10,13H,5,8-9,11-12H2,1-4H3,(H,19,20,23). The number of amides is 2. The number of hydrogen-bond donors (Lipinski definition) is 1. The van der Waals surface area contributed by atoms with E-state index in [2.05, 4.69) is 10.3 Å². The van der Waals surface area contributed by atoms with E-state index in [1.807, 2.05) is 32.6 Å². The van der Waals surface area contributed by atoms with Gasteiger partial charge in [0.2, 0.25) is 5.91 Å². The molecule has 1 aromatic rings. The van der Waals surface area contributed by atoms with Gasteiger partial charge in [-0.1, -0.05) is 20.8 Å². The first-order chi connectivity index (χ1) is 11.3. The molecule has 0 radical (unpaired) electrons. The summed E-state index contributed by atoms with van der Waals surface area (Å²) in [6.07, 6.45) is 2.50. The first-order valence-electron chi connectivity index (χ1n) is 8.45. The quantitative estimate of drug-likeness (QED) is 0.899. The van der Waals surface area contributed by atoms with Gasteiger partial charge < -0.3 is 15.0 Å². The SMILES string of the molecule is CCOCC1CCN(C(=O)c2ccc(NC(=O)C(C)(C)C)nc2)C1. The van der Waals surface area contributed by atoms with Crippen molar-refractivity contribution in [2.75, 3.05) is 31.6 Å². The number of ether oxygens (including phenoxy) is 1. The van der Waals surface area contributed by atoms with Gasteiger partial charge in [-0.15, -0.1) is 0 Å². The number of hydrogen-bond acceptors (Lipinski definition) is 4. The Balaban J connectivity index is 1.93. The Kier molecular flexibility index (Phi) is 5.94. The Bertz CT molecular complexity index is 578. The van der Waals surface area contributed by atoms with E-state index in [-0.39, 0.29) is 11.8 Å². The minimum absolute atomic E-state index is 0.0183. The molecular formula is C18H27N3O3. The van der Waals surface area contributed by atoms with Gasteiger partial charge in [0.05, 0.1) is 12.2 Å². The molecule has 1 aliphatic rings. The van der Waals surface area contributed by atoms with E-state index in [0.29, 0.717) is 30.5 Å². The number of anilines is 1. The number of carbonyl (C=O) groups excluding carboxylic acids is 2. The number of pyridine rings is 1. The highest BCUT2D eigenvalue weighted by molar-refractivity contribution is 5.96. The number of carbonyl (C=O) groups is 2. The molecule has 1 atom stereocenters. The smallest absolute Gasteiger partial charge is 0.255 e. The molecule has 1 aliphatic heterocycles. The molecule has 2 heterocycles. The Morgan fingerprint density at radius 3 is 2.71 bits per heavy atom. The van der Waals surface area contributed by atoms with Gasteiger partial charge in [-0.2, -0.15) is 0 Å². The number of nitrogens with one attached hydrogen (secondary N) is 1. The van der Waals surface area contributed by atoms with Crippen molar-refractivity contribution in [2.24, 2.45) is 11.3 Å². The van der Waals surface area contributed by atoms with Crippen molar-refractivity contribution in [1.82, 2.24) is 9.88 Å². The van der Waals surface area contributed by atoms with E-state index in [1.54, 1.807) is 12.1 Å². The molecule has 0 bridgehead atoms. The molecule has 1 unspecified atom stereocenters. The van der Waals surface area contributed by atoms with E-state index in [9.17, 15) is 9.59 Å². The summed E-state index contributed by atoms with van der Waals surface area (Å²) < 4.78 is 5.44. The fourth-order valence-corrected chi connectivity index (χ4v) is 2.52. The highest BCUT2D eigenvalue weighted by atomic mass is 16.5. The van der Waals surface area contributed by atoms with Crippen LogP contribution in [0.2, 0.25) is 0 Å². The predicted octanol–water partition coefficient (Wildman–Crippen LogP) is 2.56. The number of nitrogens with zero attached hydrogens (tertiary/aromatic N) is 2. The largest absolute Gasteiger partial charge is 0.381 e. The van der Waals surface area contributed by atoms with Crippen molar-refractivity contribution >= 4 is 17.6 Å². The molecule has 6 nitrogen and oxygen atoms in total. The third-order valence-corrected chi connectivity index (χ3v) is 4.06. The third-order valence-electron chi connectivity index (χ3n) is 4.06. The van der Waals surface area contributed by atoms with Crippen LogP contribution in [-0.2, 0) is 9.53 Å². The molecule has 0 spiro atoms. The average molecular weight is 333 g/mol. The fourth-order valence-electron chi connectivity index (χ4n) is 2.52. The minimum atomic E-state index is -0.485. The van der Waals surface area contributed by atoms with Gasteiger partial charge >= 0.3 is 0 Å². The lowest BCUT2D eigenvalue weighted by Gasteiger charge is -2.18. The molecule has 132 valence electrons. The van der Waals surface area contributed by atoms with Crippen LogP contribution in [0.25, 0.3) is 0 Å². The highest BCUT2D eigenvalue weighted by Gasteiger charge is 2.27. The van der Waals surface area contributed by atoms with Gasteiger partial charge in [0, 0.05) is 37.2 Å². The molecular weight excluding hydrogens is 306 g/mol. The van der Waals surface area contributed by atoms with Gasteiger partial charge in [-0.25, -0.2) is 4.98 Å². The highest BCUT2D eigenvalue weighted by Crippen LogP contribution is 2.20. The summed E-state index contributed by atoms with van der Waals surface area (Å²) in [7, 11) is 0. The number of rotatable bonds is 5.